The predicted octanol–water partition coefficient (Wildman–Crippen LogP) is 24.7. The highest BCUT2D eigenvalue weighted by molar-refractivity contribution is 7.47. The lowest BCUT2D eigenvalue weighted by molar-refractivity contribution is -0.870. The number of aliphatic hydroxyl groups excluding tert-OH is 1. The Morgan fingerprint density at radius 1 is 0.380 bits per heavy atom. The van der Waals surface area contributed by atoms with Gasteiger partial charge in [-0.25, -0.2) is 4.57 Å². The molecule has 1 amide bonds. The van der Waals surface area contributed by atoms with Gasteiger partial charge in [0.2, 0.25) is 5.91 Å². The van der Waals surface area contributed by atoms with Crippen molar-refractivity contribution in [1.82, 2.24) is 5.32 Å². The molecule has 0 aromatic rings. The number of unbranched alkanes of at least 4 members (excludes halogenated alkanes) is 28. The van der Waals surface area contributed by atoms with Crippen molar-refractivity contribution >= 4 is 13.7 Å². The summed E-state index contributed by atoms with van der Waals surface area (Å²) in [5, 5.41) is 14.0. The number of amides is 1. The molecule has 3 unspecified atom stereocenters. The monoisotopic (exact) mass is 1290 g/mol. The van der Waals surface area contributed by atoms with E-state index in [-0.39, 0.29) is 19.1 Å². The Hall–Kier alpha value is -4.14. The van der Waals surface area contributed by atoms with E-state index in [1.807, 2.05) is 27.2 Å². The van der Waals surface area contributed by atoms with Gasteiger partial charge in [-0.1, -0.05) is 332 Å². The lowest BCUT2D eigenvalue weighted by Crippen LogP contribution is -2.45. The van der Waals surface area contributed by atoms with Gasteiger partial charge in [-0.3, -0.25) is 13.8 Å². The summed E-state index contributed by atoms with van der Waals surface area (Å²) in [6, 6.07) is -0.891. The van der Waals surface area contributed by atoms with Crippen LogP contribution in [-0.2, 0) is 18.4 Å². The maximum atomic E-state index is 13.1. The van der Waals surface area contributed by atoms with Crippen molar-refractivity contribution in [2.24, 2.45) is 0 Å². The number of carbonyl (C=O) groups is 1. The molecule has 0 heterocycles. The van der Waals surface area contributed by atoms with Gasteiger partial charge in [-0.05, 0) is 128 Å². The molecule has 0 aliphatic heterocycles. The van der Waals surface area contributed by atoms with E-state index in [0.717, 1.165) is 128 Å². The molecule has 0 aromatic heterocycles. The number of hydrogen-bond donors (Lipinski definition) is 3. The third-order valence-electron chi connectivity index (χ3n) is 15.9. The Morgan fingerprint density at radius 3 is 1.00 bits per heavy atom. The Morgan fingerprint density at radius 2 is 0.663 bits per heavy atom. The smallest absolute Gasteiger partial charge is 0.387 e. The number of hydrogen-bond acceptors (Lipinski definition) is 5. The number of likely N-dealkylation sites (N-methyl/N-ethyl adjacent to an activating group) is 1. The van der Waals surface area contributed by atoms with Crippen LogP contribution < -0.4 is 5.32 Å². The van der Waals surface area contributed by atoms with Gasteiger partial charge in [0.15, 0.2) is 0 Å². The number of carbonyl (C=O) groups excluding carboxylic acids is 1. The molecule has 0 saturated carbocycles. The third kappa shape index (κ3) is 73.3. The molecule has 0 bridgehead atoms. The fourth-order valence-electron chi connectivity index (χ4n) is 10.1. The predicted molar refractivity (Wildman–Crippen MR) is 405 cm³/mol. The first-order valence-electron chi connectivity index (χ1n) is 37.5. The van der Waals surface area contributed by atoms with E-state index < -0.39 is 20.0 Å². The highest BCUT2D eigenvalue weighted by atomic mass is 31.2. The van der Waals surface area contributed by atoms with E-state index >= 15 is 0 Å². The fourth-order valence-corrected chi connectivity index (χ4v) is 10.9. The third-order valence-corrected chi connectivity index (χ3v) is 16.9. The number of aliphatic hydroxyl groups is 1. The van der Waals surface area contributed by atoms with Gasteiger partial charge >= 0.3 is 7.82 Å². The Labute approximate surface area is 568 Å². The molecule has 92 heavy (non-hydrogen) atoms. The number of nitrogens with zero attached hydrogens (tertiary/aromatic N) is 1. The normalized spacial score (nSPS) is 14.6. The number of quaternary nitrogens is 1. The fraction of sp³-hybridized carbons (Fsp3) is 0.651. The molecule has 0 radical (unpaired) electrons. The lowest BCUT2D eigenvalue weighted by atomic mass is 10.0. The molecule has 3 N–H and O–H groups in total. The second-order valence-corrected chi connectivity index (χ2v) is 27.4. The SMILES string of the molecule is CC/C=C\C/C=C\C/C=C\C/C=C\C/C=C\C/C=C\C/C=C\C/C=C\C/C=C\C/C=C\C/C=C\CCCCCCCCCC(=O)NC(COP(=O)(O)OCC[N+](C)(C)C)C(O)/C=C/CC/C=C/CC/C=C/CCCCCCCCCCCCCCCCCCCCC. The molecule has 0 aliphatic carbocycles. The second-order valence-electron chi connectivity index (χ2n) is 25.9. The van der Waals surface area contributed by atoms with Crippen molar-refractivity contribution in [3.05, 3.63) is 170 Å². The van der Waals surface area contributed by atoms with Crippen LogP contribution in [0.3, 0.4) is 0 Å². The number of allylic oxidation sites excluding steroid dienone is 27. The van der Waals surface area contributed by atoms with Gasteiger partial charge in [0.25, 0.3) is 0 Å². The van der Waals surface area contributed by atoms with E-state index in [2.05, 4.69) is 177 Å². The molecule has 0 aromatic carbocycles. The summed E-state index contributed by atoms with van der Waals surface area (Å²) in [5.41, 5.74) is 0. The van der Waals surface area contributed by atoms with Crippen LogP contribution in [0.4, 0.5) is 0 Å². The highest BCUT2D eigenvalue weighted by Gasteiger charge is 2.28. The Balaban J connectivity index is 4.20. The van der Waals surface area contributed by atoms with E-state index in [1.54, 1.807) is 6.08 Å². The van der Waals surface area contributed by atoms with Crippen LogP contribution in [0.1, 0.15) is 296 Å². The average Bonchev–Trinajstić information content (AvgIpc) is 2.63. The number of phosphoric ester groups is 1. The maximum absolute atomic E-state index is 13.1. The van der Waals surface area contributed by atoms with Gasteiger partial charge in [-0.15, -0.1) is 0 Å². The van der Waals surface area contributed by atoms with E-state index in [9.17, 15) is 19.4 Å². The van der Waals surface area contributed by atoms with Crippen LogP contribution in [0.25, 0.3) is 0 Å². The molecule has 0 aliphatic rings. The van der Waals surface area contributed by atoms with Gasteiger partial charge in [0.1, 0.15) is 13.2 Å². The zero-order chi connectivity index (χ0) is 66.9. The zero-order valence-electron chi connectivity index (χ0n) is 60.0. The van der Waals surface area contributed by atoms with Gasteiger partial charge < -0.3 is 19.8 Å². The molecular formula is C83H142N2O6P+. The van der Waals surface area contributed by atoms with E-state index in [4.69, 9.17) is 9.05 Å². The molecule has 524 valence electrons. The first kappa shape index (κ1) is 87.9. The summed E-state index contributed by atoms with van der Waals surface area (Å²) in [5.74, 6) is -0.207. The van der Waals surface area contributed by atoms with Crippen LogP contribution in [0.5, 0.6) is 0 Å². The van der Waals surface area contributed by atoms with Crippen molar-refractivity contribution in [3.8, 4) is 0 Å². The first-order valence-corrected chi connectivity index (χ1v) is 39.0. The Kier molecular flexibility index (Phi) is 68.0. The number of phosphoric acid groups is 1. The van der Waals surface area contributed by atoms with Crippen LogP contribution in [0.15, 0.2) is 170 Å². The van der Waals surface area contributed by atoms with Crippen LogP contribution in [0, 0.1) is 0 Å². The minimum absolute atomic E-state index is 0.0427. The van der Waals surface area contributed by atoms with Crippen LogP contribution in [0.2, 0.25) is 0 Å². The van der Waals surface area contributed by atoms with Crippen LogP contribution >= 0.6 is 7.82 Å². The zero-order valence-corrected chi connectivity index (χ0v) is 60.9. The number of nitrogens with one attached hydrogen (secondary N) is 1. The standard InChI is InChI=1S/C83H141N2O6P/c1-6-8-10-12-14-16-18-20-22-24-26-28-30-32-34-36-37-38-39-40-41-42-43-44-45-46-47-49-51-53-55-57-59-61-63-65-67-69-71-73-75-77-83(87)84-81(80-91-92(88,89)90-79-78-85(3,4)5)82(86)76-74-72-70-68-66-64-62-60-58-56-54-52-50-48-35-33-31-29-27-25-23-21-19-17-15-13-11-9-7-2/h8,10,14,16,20,22,26,28,32,34,37-38,40-41,43-44,46-47,51,53,57-60,66,68,74,76,81-82,86H,6-7,9,11-13,15,17-19,21,23-25,27,29-31,33,35-36,39,42,45,48-50,52,54-56,61-65,67,69-73,75,77-80H2,1-5H3,(H-,84,87,88,89)/p+1/b10-8-,16-14-,22-20-,28-26-,34-32-,38-37-,41-40-,44-43-,47-46-,53-51-,59-57-,60-58+,68-66+,76-74+. The van der Waals surface area contributed by atoms with E-state index in [0.29, 0.717) is 17.4 Å². The van der Waals surface area contributed by atoms with Crippen molar-refractivity contribution < 1.29 is 32.9 Å². The first-order chi connectivity index (χ1) is 45.0. The molecule has 0 saturated heterocycles. The summed E-state index contributed by atoms with van der Waals surface area (Å²) < 4.78 is 23.8. The van der Waals surface area contributed by atoms with Crippen molar-refractivity contribution in [2.75, 3.05) is 40.9 Å². The summed E-state index contributed by atoms with van der Waals surface area (Å²) in [6.45, 7) is 4.67. The minimum atomic E-state index is -4.38. The largest absolute Gasteiger partial charge is 0.472 e. The average molecular weight is 1300 g/mol. The summed E-state index contributed by atoms with van der Waals surface area (Å²) in [4.78, 5) is 23.4. The minimum Gasteiger partial charge on any atom is -0.387 e. The Bertz CT molecular complexity index is 2110. The molecule has 0 spiro atoms. The molecule has 3 atom stereocenters. The summed E-state index contributed by atoms with van der Waals surface area (Å²) in [6.07, 6.45) is 112. The summed E-state index contributed by atoms with van der Waals surface area (Å²) >= 11 is 0. The van der Waals surface area contributed by atoms with Gasteiger partial charge in [0, 0.05) is 6.42 Å². The van der Waals surface area contributed by atoms with Gasteiger partial charge in [-0.2, -0.15) is 0 Å². The number of rotatable bonds is 67. The quantitative estimate of drug-likeness (QED) is 0.0243. The molecule has 8 nitrogen and oxygen atoms in total. The van der Waals surface area contributed by atoms with Gasteiger partial charge in [0.05, 0.1) is 39.9 Å². The lowest BCUT2D eigenvalue weighted by Gasteiger charge is -2.25. The summed E-state index contributed by atoms with van der Waals surface area (Å²) in [7, 11) is 1.52. The highest BCUT2D eigenvalue weighted by Crippen LogP contribution is 2.43. The van der Waals surface area contributed by atoms with E-state index in [1.165, 1.54) is 148 Å². The second kappa shape index (κ2) is 71.2. The van der Waals surface area contributed by atoms with Crippen molar-refractivity contribution in [1.29, 1.82) is 0 Å². The van der Waals surface area contributed by atoms with Crippen LogP contribution in [-0.4, -0.2) is 73.4 Å². The molecule has 9 heteroatoms. The molecule has 0 rings (SSSR count). The van der Waals surface area contributed by atoms with Crippen molar-refractivity contribution in [3.63, 3.8) is 0 Å². The topological polar surface area (TPSA) is 105 Å². The van der Waals surface area contributed by atoms with Crippen molar-refractivity contribution in [2.45, 2.75) is 309 Å². The maximum Gasteiger partial charge on any atom is 0.472 e. The molecular weight excluding hydrogens is 1150 g/mol. The molecule has 0 fully saturated rings.